The van der Waals surface area contributed by atoms with E-state index in [2.05, 4.69) is 16.9 Å². The fourth-order valence-corrected chi connectivity index (χ4v) is 2.23. The van der Waals surface area contributed by atoms with Gasteiger partial charge in [-0.3, -0.25) is 0 Å². The third kappa shape index (κ3) is 2.66. The summed E-state index contributed by atoms with van der Waals surface area (Å²) in [5.41, 5.74) is 0. The van der Waals surface area contributed by atoms with Crippen LogP contribution in [0.2, 0.25) is 0 Å². The van der Waals surface area contributed by atoms with Gasteiger partial charge in [0.25, 0.3) is 0 Å². The van der Waals surface area contributed by atoms with Crippen molar-refractivity contribution in [2.24, 2.45) is 0 Å². The number of hydrogen-bond acceptors (Lipinski definition) is 4. The predicted octanol–water partition coefficient (Wildman–Crippen LogP) is 1.70. The first-order chi connectivity index (χ1) is 8.22. The molecule has 1 saturated heterocycles. The van der Waals surface area contributed by atoms with Gasteiger partial charge in [0, 0.05) is 18.3 Å². The molecule has 2 rings (SSSR count). The number of rotatable bonds is 2. The highest BCUT2D eigenvalue weighted by atomic mass is 16.5. The average Bonchev–Trinajstić information content (AvgIpc) is 2.79. The molecular formula is C12H19N3O2. The Bertz CT molecular complexity index is 381. The molecule has 1 fully saturated rings. The van der Waals surface area contributed by atoms with Crippen LogP contribution in [0, 0.1) is 0 Å². The highest BCUT2D eigenvalue weighted by Crippen LogP contribution is 2.26. The third-order valence-electron chi connectivity index (χ3n) is 3.22. The molecule has 0 radical (unpaired) electrons. The van der Waals surface area contributed by atoms with E-state index in [9.17, 15) is 4.79 Å². The Morgan fingerprint density at radius 2 is 2.24 bits per heavy atom. The van der Waals surface area contributed by atoms with Crippen molar-refractivity contribution < 1.29 is 9.53 Å². The van der Waals surface area contributed by atoms with Gasteiger partial charge in [0.05, 0.1) is 6.61 Å². The zero-order chi connectivity index (χ0) is 12.3. The number of hydrogen-bond donors (Lipinski definition) is 0. The quantitative estimate of drug-likeness (QED) is 0.785. The minimum Gasteiger partial charge on any atom is -0.449 e. The molecule has 0 unspecified atom stereocenters. The van der Waals surface area contributed by atoms with Crippen LogP contribution in [-0.2, 0) is 4.74 Å². The summed E-state index contributed by atoms with van der Waals surface area (Å²) in [7, 11) is 2.12. The smallest absolute Gasteiger partial charge is 0.419 e. The maximum Gasteiger partial charge on any atom is 0.419 e. The lowest BCUT2D eigenvalue weighted by molar-refractivity contribution is 0.151. The number of ether oxygens (including phenoxy) is 1. The maximum absolute atomic E-state index is 11.7. The fourth-order valence-electron chi connectivity index (χ4n) is 2.23. The zero-order valence-electron chi connectivity index (χ0n) is 10.4. The molecule has 1 aliphatic rings. The summed E-state index contributed by atoms with van der Waals surface area (Å²) in [5.74, 6) is 1.21. The largest absolute Gasteiger partial charge is 0.449 e. The Balaban J connectivity index is 2.10. The summed E-state index contributed by atoms with van der Waals surface area (Å²) in [4.78, 5) is 18.3. The van der Waals surface area contributed by atoms with E-state index in [1.54, 1.807) is 17.0 Å². The first-order valence-corrected chi connectivity index (χ1v) is 6.11. The first kappa shape index (κ1) is 12.1. The Kier molecular flexibility index (Phi) is 3.78. The number of likely N-dealkylation sites (tertiary alicyclic amines) is 1. The van der Waals surface area contributed by atoms with E-state index < -0.39 is 0 Å². The molecule has 0 spiro atoms. The molecule has 1 aliphatic heterocycles. The molecule has 2 heterocycles. The van der Waals surface area contributed by atoms with Crippen molar-refractivity contribution in [1.29, 1.82) is 0 Å². The maximum atomic E-state index is 11.7. The summed E-state index contributed by atoms with van der Waals surface area (Å²) in [6.07, 6.45) is 5.13. The van der Waals surface area contributed by atoms with Crippen LogP contribution in [0.15, 0.2) is 12.4 Å². The van der Waals surface area contributed by atoms with Crippen molar-refractivity contribution in [1.82, 2.24) is 14.5 Å². The van der Waals surface area contributed by atoms with Crippen LogP contribution in [0.5, 0.6) is 0 Å². The standard InChI is InChI=1S/C12H19N3O2/c1-3-17-12(16)15-9-6-13-11(15)10-4-7-14(2)8-5-10/h6,9-10H,3-5,7-8H2,1-2H3. The molecule has 0 amide bonds. The Morgan fingerprint density at radius 1 is 1.53 bits per heavy atom. The molecule has 0 atom stereocenters. The van der Waals surface area contributed by atoms with E-state index in [0.717, 1.165) is 31.8 Å². The minimum atomic E-state index is -0.320. The summed E-state index contributed by atoms with van der Waals surface area (Å²) in [6, 6.07) is 0. The van der Waals surface area contributed by atoms with Crippen LogP contribution in [0.25, 0.3) is 0 Å². The van der Waals surface area contributed by atoms with Gasteiger partial charge < -0.3 is 9.64 Å². The molecule has 1 aromatic rings. The topological polar surface area (TPSA) is 47.4 Å². The highest BCUT2D eigenvalue weighted by molar-refractivity contribution is 5.71. The van der Waals surface area contributed by atoms with E-state index in [1.165, 1.54) is 0 Å². The Hall–Kier alpha value is -1.36. The molecule has 0 saturated carbocycles. The number of carbonyl (C=O) groups excluding carboxylic acids is 1. The molecule has 94 valence electrons. The molecule has 5 heteroatoms. The lowest BCUT2D eigenvalue weighted by atomic mass is 9.96. The number of nitrogens with zero attached hydrogens (tertiary/aromatic N) is 3. The number of aromatic nitrogens is 2. The van der Waals surface area contributed by atoms with E-state index in [0.29, 0.717) is 12.5 Å². The van der Waals surface area contributed by atoms with Gasteiger partial charge in [-0.15, -0.1) is 0 Å². The second kappa shape index (κ2) is 5.31. The molecule has 0 N–H and O–H groups in total. The van der Waals surface area contributed by atoms with E-state index in [-0.39, 0.29) is 6.09 Å². The van der Waals surface area contributed by atoms with Crippen molar-refractivity contribution in [2.75, 3.05) is 26.7 Å². The van der Waals surface area contributed by atoms with Crippen LogP contribution in [-0.4, -0.2) is 47.3 Å². The van der Waals surface area contributed by atoms with Gasteiger partial charge >= 0.3 is 6.09 Å². The summed E-state index contributed by atoms with van der Waals surface area (Å²) in [5, 5.41) is 0. The molecule has 0 aliphatic carbocycles. The van der Waals surface area contributed by atoms with Gasteiger partial charge in [-0.1, -0.05) is 0 Å². The van der Waals surface area contributed by atoms with Crippen LogP contribution in [0.3, 0.4) is 0 Å². The van der Waals surface area contributed by atoms with Crippen LogP contribution >= 0.6 is 0 Å². The van der Waals surface area contributed by atoms with Gasteiger partial charge in [0.1, 0.15) is 5.82 Å². The van der Waals surface area contributed by atoms with Gasteiger partial charge in [0.15, 0.2) is 0 Å². The SMILES string of the molecule is CCOC(=O)n1ccnc1C1CCN(C)CC1. The fraction of sp³-hybridized carbons (Fsp3) is 0.667. The van der Waals surface area contributed by atoms with Crippen LogP contribution in [0.4, 0.5) is 4.79 Å². The van der Waals surface area contributed by atoms with Gasteiger partial charge in [-0.25, -0.2) is 14.3 Å². The summed E-state index contributed by atoms with van der Waals surface area (Å²) in [6.45, 7) is 4.31. The number of piperidine rings is 1. The van der Waals surface area contributed by atoms with E-state index in [1.807, 2.05) is 6.92 Å². The predicted molar refractivity (Wildman–Crippen MR) is 64.1 cm³/mol. The highest BCUT2D eigenvalue weighted by Gasteiger charge is 2.24. The molecule has 17 heavy (non-hydrogen) atoms. The lowest BCUT2D eigenvalue weighted by Crippen LogP contribution is -2.31. The number of imidazole rings is 1. The molecule has 0 bridgehead atoms. The van der Waals surface area contributed by atoms with Gasteiger partial charge in [0.2, 0.25) is 0 Å². The molecule has 0 aromatic carbocycles. The average molecular weight is 237 g/mol. The minimum absolute atomic E-state index is 0.320. The van der Waals surface area contributed by atoms with Crippen molar-refractivity contribution in [2.45, 2.75) is 25.7 Å². The van der Waals surface area contributed by atoms with Crippen molar-refractivity contribution in [3.8, 4) is 0 Å². The molecule has 5 nitrogen and oxygen atoms in total. The first-order valence-electron chi connectivity index (χ1n) is 6.11. The monoisotopic (exact) mass is 237 g/mol. The van der Waals surface area contributed by atoms with E-state index in [4.69, 9.17) is 4.74 Å². The van der Waals surface area contributed by atoms with Gasteiger partial charge in [-0.05, 0) is 39.9 Å². The normalized spacial score (nSPS) is 18.2. The van der Waals surface area contributed by atoms with E-state index >= 15 is 0 Å². The molecular weight excluding hydrogens is 218 g/mol. The Morgan fingerprint density at radius 3 is 2.88 bits per heavy atom. The Labute approximate surface area is 101 Å². The second-order valence-corrected chi connectivity index (χ2v) is 4.43. The van der Waals surface area contributed by atoms with Crippen molar-refractivity contribution in [3.05, 3.63) is 18.2 Å². The number of carbonyl (C=O) groups is 1. The molecule has 1 aromatic heterocycles. The van der Waals surface area contributed by atoms with Crippen LogP contribution in [0.1, 0.15) is 31.5 Å². The summed E-state index contributed by atoms with van der Waals surface area (Å²) < 4.78 is 6.55. The van der Waals surface area contributed by atoms with Crippen molar-refractivity contribution in [3.63, 3.8) is 0 Å². The third-order valence-corrected chi connectivity index (χ3v) is 3.22. The van der Waals surface area contributed by atoms with Gasteiger partial charge in [-0.2, -0.15) is 0 Å². The second-order valence-electron chi connectivity index (χ2n) is 4.43. The summed E-state index contributed by atoms with van der Waals surface area (Å²) >= 11 is 0. The lowest BCUT2D eigenvalue weighted by Gasteiger charge is -2.28. The zero-order valence-corrected chi connectivity index (χ0v) is 10.4. The van der Waals surface area contributed by atoms with Crippen LogP contribution < -0.4 is 0 Å². The van der Waals surface area contributed by atoms with Crippen molar-refractivity contribution >= 4 is 6.09 Å².